The molecule has 0 aromatic heterocycles. The summed E-state index contributed by atoms with van der Waals surface area (Å²) in [6, 6.07) is 0. The van der Waals surface area contributed by atoms with Crippen LogP contribution < -0.4 is 0 Å². The molecule has 0 saturated carbocycles. The highest BCUT2D eigenvalue weighted by atomic mass is 16.7. The fraction of sp³-hybridized carbons (Fsp3) is 0.889. The van der Waals surface area contributed by atoms with Crippen molar-refractivity contribution in [1.29, 1.82) is 0 Å². The Balaban J connectivity index is 2.16. The summed E-state index contributed by atoms with van der Waals surface area (Å²) in [5.74, 6) is 0.0707. The third-order valence-corrected chi connectivity index (χ3v) is 2.20. The van der Waals surface area contributed by atoms with Crippen LogP contribution in [-0.2, 0) is 14.4 Å². The summed E-state index contributed by atoms with van der Waals surface area (Å²) in [5.41, 5.74) is 0. The van der Waals surface area contributed by atoms with Gasteiger partial charge in [0.2, 0.25) is 5.91 Å². The van der Waals surface area contributed by atoms with E-state index in [-0.39, 0.29) is 12.0 Å². The van der Waals surface area contributed by atoms with Gasteiger partial charge >= 0.3 is 0 Å². The van der Waals surface area contributed by atoms with Crippen molar-refractivity contribution in [3.05, 3.63) is 0 Å². The van der Waals surface area contributed by atoms with E-state index in [0.717, 1.165) is 19.4 Å². The van der Waals surface area contributed by atoms with E-state index in [1.54, 1.807) is 7.11 Å². The van der Waals surface area contributed by atoms with Crippen LogP contribution in [0.15, 0.2) is 0 Å². The number of hydrogen-bond acceptors (Lipinski definition) is 3. The van der Waals surface area contributed by atoms with E-state index in [9.17, 15) is 4.79 Å². The van der Waals surface area contributed by atoms with Crippen molar-refractivity contribution in [3.8, 4) is 0 Å². The van der Waals surface area contributed by atoms with Gasteiger partial charge in [-0.25, -0.2) is 5.06 Å². The Kier molecular flexibility index (Phi) is 4.18. The standard InChI is InChI=1S/C9H17NO3/c1-8(12-2)4-5-9(11)10-6-3-7-13-10/h8H,3-7H2,1-2H3. The average molecular weight is 187 g/mol. The van der Waals surface area contributed by atoms with Crippen molar-refractivity contribution >= 4 is 5.91 Å². The van der Waals surface area contributed by atoms with Crippen molar-refractivity contribution in [3.63, 3.8) is 0 Å². The van der Waals surface area contributed by atoms with E-state index in [0.29, 0.717) is 13.0 Å². The lowest BCUT2D eigenvalue weighted by molar-refractivity contribution is -0.169. The Hall–Kier alpha value is -0.610. The zero-order valence-electron chi connectivity index (χ0n) is 8.28. The SMILES string of the molecule is COC(C)CCC(=O)N1CCCO1. The molecule has 0 radical (unpaired) electrons. The molecule has 4 heteroatoms. The molecule has 1 fully saturated rings. The largest absolute Gasteiger partial charge is 0.382 e. The predicted molar refractivity (Wildman–Crippen MR) is 48.0 cm³/mol. The summed E-state index contributed by atoms with van der Waals surface area (Å²) in [7, 11) is 1.65. The number of rotatable bonds is 4. The minimum absolute atomic E-state index is 0.0707. The van der Waals surface area contributed by atoms with Gasteiger partial charge in [0.25, 0.3) is 0 Å². The Morgan fingerprint density at radius 3 is 3.00 bits per heavy atom. The summed E-state index contributed by atoms with van der Waals surface area (Å²) in [4.78, 5) is 16.5. The van der Waals surface area contributed by atoms with Gasteiger partial charge in [0, 0.05) is 13.5 Å². The van der Waals surface area contributed by atoms with Crippen LogP contribution in [0.2, 0.25) is 0 Å². The number of hydrogen-bond donors (Lipinski definition) is 0. The van der Waals surface area contributed by atoms with Crippen LogP contribution in [0, 0.1) is 0 Å². The lowest BCUT2D eigenvalue weighted by Crippen LogP contribution is -2.27. The first-order valence-corrected chi connectivity index (χ1v) is 4.70. The molecule has 0 spiro atoms. The number of carbonyl (C=O) groups is 1. The third-order valence-electron chi connectivity index (χ3n) is 2.20. The molecule has 0 aromatic carbocycles. The van der Waals surface area contributed by atoms with Crippen molar-refractivity contribution < 1.29 is 14.4 Å². The lowest BCUT2D eigenvalue weighted by Gasteiger charge is -2.15. The van der Waals surface area contributed by atoms with E-state index in [2.05, 4.69) is 0 Å². The van der Waals surface area contributed by atoms with Crippen LogP contribution in [0.3, 0.4) is 0 Å². The van der Waals surface area contributed by atoms with Gasteiger partial charge in [0.15, 0.2) is 0 Å². The van der Waals surface area contributed by atoms with Crippen LogP contribution in [0.5, 0.6) is 0 Å². The molecule has 1 saturated heterocycles. The Morgan fingerprint density at radius 2 is 2.46 bits per heavy atom. The second-order valence-electron chi connectivity index (χ2n) is 3.27. The topological polar surface area (TPSA) is 38.8 Å². The average Bonchev–Trinajstić information content (AvgIpc) is 2.66. The predicted octanol–water partition coefficient (Wildman–Crippen LogP) is 0.965. The lowest BCUT2D eigenvalue weighted by atomic mass is 10.2. The first-order chi connectivity index (χ1) is 6.24. The molecule has 1 unspecified atom stereocenters. The van der Waals surface area contributed by atoms with Crippen LogP contribution in [0.25, 0.3) is 0 Å². The molecule has 0 N–H and O–H groups in total. The third kappa shape index (κ3) is 3.32. The molecule has 4 nitrogen and oxygen atoms in total. The Morgan fingerprint density at radius 1 is 1.69 bits per heavy atom. The van der Waals surface area contributed by atoms with Crippen molar-refractivity contribution in [2.75, 3.05) is 20.3 Å². The fourth-order valence-electron chi connectivity index (χ4n) is 1.21. The minimum Gasteiger partial charge on any atom is -0.382 e. The Bertz CT molecular complexity index is 166. The number of hydroxylamine groups is 2. The molecule has 1 atom stereocenters. The zero-order valence-corrected chi connectivity index (χ0v) is 8.28. The Labute approximate surface area is 78.8 Å². The molecule has 0 aliphatic carbocycles. The second-order valence-corrected chi connectivity index (χ2v) is 3.27. The summed E-state index contributed by atoms with van der Waals surface area (Å²) >= 11 is 0. The first-order valence-electron chi connectivity index (χ1n) is 4.70. The van der Waals surface area contributed by atoms with Crippen LogP contribution in [0.4, 0.5) is 0 Å². The molecule has 1 aliphatic heterocycles. The van der Waals surface area contributed by atoms with Gasteiger partial charge in [-0.2, -0.15) is 0 Å². The monoisotopic (exact) mass is 187 g/mol. The molecule has 13 heavy (non-hydrogen) atoms. The van der Waals surface area contributed by atoms with Gasteiger partial charge in [-0.1, -0.05) is 0 Å². The van der Waals surface area contributed by atoms with Crippen LogP contribution in [-0.4, -0.2) is 37.3 Å². The quantitative estimate of drug-likeness (QED) is 0.658. The normalized spacial score (nSPS) is 19.1. The number of methoxy groups -OCH3 is 1. The van der Waals surface area contributed by atoms with Crippen molar-refractivity contribution in [2.24, 2.45) is 0 Å². The maximum absolute atomic E-state index is 11.4. The molecule has 0 aromatic rings. The molecule has 76 valence electrons. The second kappa shape index (κ2) is 5.19. The number of amides is 1. The summed E-state index contributed by atoms with van der Waals surface area (Å²) in [6.45, 7) is 3.36. The number of ether oxygens (including phenoxy) is 1. The van der Waals surface area contributed by atoms with E-state index >= 15 is 0 Å². The highest BCUT2D eigenvalue weighted by Crippen LogP contribution is 2.09. The smallest absolute Gasteiger partial charge is 0.246 e. The van der Waals surface area contributed by atoms with Gasteiger partial charge in [0.1, 0.15) is 0 Å². The van der Waals surface area contributed by atoms with E-state index in [1.165, 1.54) is 5.06 Å². The van der Waals surface area contributed by atoms with Crippen molar-refractivity contribution in [1.82, 2.24) is 5.06 Å². The number of carbonyl (C=O) groups excluding carboxylic acids is 1. The highest BCUT2D eigenvalue weighted by molar-refractivity contribution is 5.75. The van der Waals surface area contributed by atoms with Gasteiger partial charge < -0.3 is 4.74 Å². The van der Waals surface area contributed by atoms with Gasteiger partial charge in [-0.05, 0) is 19.8 Å². The zero-order chi connectivity index (χ0) is 9.68. The molecule has 1 amide bonds. The summed E-state index contributed by atoms with van der Waals surface area (Å²) in [6.07, 6.45) is 2.36. The molecule has 1 rings (SSSR count). The van der Waals surface area contributed by atoms with Gasteiger partial charge in [-0.15, -0.1) is 0 Å². The summed E-state index contributed by atoms with van der Waals surface area (Å²) < 4.78 is 5.05. The van der Waals surface area contributed by atoms with Crippen molar-refractivity contribution in [2.45, 2.75) is 32.3 Å². The van der Waals surface area contributed by atoms with Crippen LogP contribution >= 0.6 is 0 Å². The molecular weight excluding hydrogens is 170 g/mol. The minimum atomic E-state index is 0.0707. The maximum Gasteiger partial charge on any atom is 0.246 e. The highest BCUT2D eigenvalue weighted by Gasteiger charge is 2.19. The summed E-state index contributed by atoms with van der Waals surface area (Å²) in [5, 5.41) is 1.46. The molecule has 1 heterocycles. The van der Waals surface area contributed by atoms with E-state index in [1.807, 2.05) is 6.92 Å². The number of nitrogens with zero attached hydrogens (tertiary/aromatic N) is 1. The van der Waals surface area contributed by atoms with Crippen LogP contribution in [0.1, 0.15) is 26.2 Å². The first kappa shape index (κ1) is 10.5. The molecular formula is C9H17NO3. The van der Waals surface area contributed by atoms with E-state index < -0.39 is 0 Å². The molecule has 1 aliphatic rings. The van der Waals surface area contributed by atoms with Gasteiger partial charge in [0.05, 0.1) is 19.3 Å². The van der Waals surface area contributed by atoms with Gasteiger partial charge in [-0.3, -0.25) is 9.63 Å². The van der Waals surface area contributed by atoms with E-state index in [4.69, 9.17) is 9.57 Å². The fourth-order valence-corrected chi connectivity index (χ4v) is 1.21. The molecule has 0 bridgehead atoms. The maximum atomic E-state index is 11.4.